The minimum absolute atomic E-state index is 0. The van der Waals surface area contributed by atoms with Gasteiger partial charge in [0, 0.05) is 31.2 Å². The van der Waals surface area contributed by atoms with E-state index in [0.29, 0.717) is 37.5 Å². The SMILES string of the molecule is Cl.N[C@@H]1CCN(C(=O)C2CCCN2C2=NS(=O)(=O)c3ccccc32)C1. The molecule has 9 heteroatoms. The van der Waals surface area contributed by atoms with E-state index in [1.165, 1.54) is 0 Å². The van der Waals surface area contributed by atoms with E-state index in [1.807, 2.05) is 4.90 Å². The third kappa shape index (κ3) is 3.02. The number of carbonyl (C=O) groups is 1. The van der Waals surface area contributed by atoms with Crippen LogP contribution in [0.15, 0.2) is 33.6 Å². The van der Waals surface area contributed by atoms with Crippen molar-refractivity contribution in [3.05, 3.63) is 29.8 Å². The lowest BCUT2D eigenvalue weighted by Crippen LogP contribution is -2.47. The van der Waals surface area contributed by atoms with Crippen LogP contribution < -0.4 is 5.73 Å². The molecule has 3 heterocycles. The van der Waals surface area contributed by atoms with Gasteiger partial charge >= 0.3 is 0 Å². The lowest BCUT2D eigenvalue weighted by molar-refractivity contribution is -0.133. The van der Waals surface area contributed by atoms with E-state index in [1.54, 1.807) is 29.2 Å². The Kier molecular flexibility index (Phi) is 4.78. The minimum atomic E-state index is -3.67. The lowest BCUT2D eigenvalue weighted by atomic mass is 10.1. The topological polar surface area (TPSA) is 96.1 Å². The summed E-state index contributed by atoms with van der Waals surface area (Å²) in [6, 6.07) is 6.48. The van der Waals surface area contributed by atoms with Crippen LogP contribution in [0.3, 0.4) is 0 Å². The molecule has 4 rings (SSSR count). The molecule has 1 aromatic carbocycles. The molecule has 2 fully saturated rings. The fourth-order valence-electron chi connectivity index (χ4n) is 3.77. The molecule has 136 valence electrons. The summed E-state index contributed by atoms with van der Waals surface area (Å²) in [5.74, 6) is 0.440. The van der Waals surface area contributed by atoms with Crippen molar-refractivity contribution in [2.75, 3.05) is 19.6 Å². The molecule has 3 aliphatic rings. The largest absolute Gasteiger partial charge is 0.343 e. The smallest absolute Gasteiger partial charge is 0.285 e. The van der Waals surface area contributed by atoms with Crippen LogP contribution in [0.2, 0.25) is 0 Å². The first kappa shape index (κ1) is 18.2. The van der Waals surface area contributed by atoms with Crippen LogP contribution in [0.1, 0.15) is 24.8 Å². The number of rotatable bonds is 1. The van der Waals surface area contributed by atoms with E-state index >= 15 is 0 Å². The quantitative estimate of drug-likeness (QED) is 0.764. The van der Waals surface area contributed by atoms with Gasteiger partial charge in [0.1, 0.15) is 10.9 Å². The molecule has 0 saturated carbocycles. The zero-order valence-electron chi connectivity index (χ0n) is 13.7. The lowest BCUT2D eigenvalue weighted by Gasteiger charge is -2.29. The van der Waals surface area contributed by atoms with Crippen molar-refractivity contribution in [1.29, 1.82) is 0 Å². The molecule has 2 atom stereocenters. The molecule has 0 bridgehead atoms. The van der Waals surface area contributed by atoms with Crippen molar-refractivity contribution >= 4 is 34.2 Å². The first-order valence-corrected chi connectivity index (χ1v) is 9.67. The molecule has 0 aromatic heterocycles. The fourth-order valence-corrected chi connectivity index (χ4v) is 4.99. The molecule has 1 amide bonds. The molecule has 1 aromatic rings. The molecule has 2 N–H and O–H groups in total. The maximum Gasteiger partial charge on any atom is 0.285 e. The number of nitrogens with zero attached hydrogens (tertiary/aromatic N) is 3. The van der Waals surface area contributed by atoms with Crippen LogP contribution in [0, 0.1) is 0 Å². The van der Waals surface area contributed by atoms with Crippen molar-refractivity contribution in [3.8, 4) is 0 Å². The van der Waals surface area contributed by atoms with E-state index in [2.05, 4.69) is 4.40 Å². The second-order valence-electron chi connectivity index (χ2n) is 6.57. The monoisotopic (exact) mass is 384 g/mol. The highest BCUT2D eigenvalue weighted by molar-refractivity contribution is 7.90. The number of likely N-dealkylation sites (tertiary alicyclic amines) is 2. The minimum Gasteiger partial charge on any atom is -0.343 e. The molecule has 2 saturated heterocycles. The summed E-state index contributed by atoms with van der Waals surface area (Å²) in [6.45, 7) is 1.88. The van der Waals surface area contributed by atoms with Crippen molar-refractivity contribution in [2.24, 2.45) is 10.1 Å². The van der Waals surface area contributed by atoms with Gasteiger partial charge in [-0.1, -0.05) is 12.1 Å². The summed E-state index contributed by atoms with van der Waals surface area (Å²) < 4.78 is 28.5. The Morgan fingerprint density at radius 2 is 1.96 bits per heavy atom. The van der Waals surface area contributed by atoms with Crippen molar-refractivity contribution in [2.45, 2.75) is 36.2 Å². The van der Waals surface area contributed by atoms with E-state index in [4.69, 9.17) is 5.73 Å². The van der Waals surface area contributed by atoms with Crippen LogP contribution in [0.4, 0.5) is 0 Å². The average molecular weight is 385 g/mol. The summed E-state index contributed by atoms with van der Waals surface area (Å²) in [4.78, 5) is 16.7. The van der Waals surface area contributed by atoms with Crippen LogP contribution in [-0.4, -0.2) is 61.7 Å². The number of nitrogens with two attached hydrogens (primary N) is 1. The zero-order chi connectivity index (χ0) is 16.9. The van der Waals surface area contributed by atoms with Crippen molar-refractivity contribution in [1.82, 2.24) is 9.80 Å². The third-order valence-electron chi connectivity index (χ3n) is 4.96. The molecule has 1 unspecified atom stereocenters. The second kappa shape index (κ2) is 6.59. The highest BCUT2D eigenvalue weighted by atomic mass is 35.5. The fraction of sp³-hybridized carbons (Fsp3) is 0.500. The first-order chi connectivity index (χ1) is 11.5. The van der Waals surface area contributed by atoms with E-state index < -0.39 is 10.0 Å². The number of hydrogen-bond acceptors (Lipinski definition) is 5. The molecule has 7 nitrogen and oxygen atoms in total. The molecule has 3 aliphatic heterocycles. The molecule has 0 aliphatic carbocycles. The van der Waals surface area contributed by atoms with E-state index in [0.717, 1.165) is 12.8 Å². The van der Waals surface area contributed by atoms with Gasteiger partial charge in [-0.15, -0.1) is 16.8 Å². The number of hydrogen-bond donors (Lipinski definition) is 1. The highest BCUT2D eigenvalue weighted by Crippen LogP contribution is 2.31. The maximum absolute atomic E-state index is 12.9. The Bertz CT molecular complexity index is 826. The van der Waals surface area contributed by atoms with Gasteiger partial charge in [-0.25, -0.2) is 0 Å². The standard InChI is InChI=1S/C16H20N4O3S.ClH/c17-11-7-9-19(10-11)16(21)13-5-3-8-20(13)15-12-4-1-2-6-14(12)24(22,23)18-15;/h1-2,4,6,11,13H,3,5,7-10,17H2;1H/t11-,13?;/m1./s1. The maximum atomic E-state index is 12.9. The van der Waals surface area contributed by atoms with Crippen LogP contribution >= 0.6 is 12.4 Å². The van der Waals surface area contributed by atoms with E-state index in [-0.39, 0.29) is 35.3 Å². The van der Waals surface area contributed by atoms with Crippen molar-refractivity contribution in [3.63, 3.8) is 0 Å². The highest BCUT2D eigenvalue weighted by Gasteiger charge is 2.41. The number of amidine groups is 1. The van der Waals surface area contributed by atoms with Crippen LogP contribution in [-0.2, 0) is 14.8 Å². The number of sulfonamides is 1. The predicted molar refractivity (Wildman–Crippen MR) is 96.3 cm³/mol. The number of benzene rings is 1. The summed E-state index contributed by atoms with van der Waals surface area (Å²) in [7, 11) is -3.67. The van der Waals surface area contributed by atoms with Gasteiger partial charge in [0.05, 0.1) is 0 Å². The van der Waals surface area contributed by atoms with Gasteiger partial charge in [0.2, 0.25) is 5.91 Å². The Morgan fingerprint density at radius 1 is 1.20 bits per heavy atom. The summed E-state index contributed by atoms with van der Waals surface area (Å²) in [5.41, 5.74) is 6.50. The number of amides is 1. The summed E-state index contributed by atoms with van der Waals surface area (Å²) >= 11 is 0. The number of halogens is 1. The second-order valence-corrected chi connectivity index (χ2v) is 8.14. The van der Waals surface area contributed by atoms with Gasteiger partial charge in [-0.2, -0.15) is 8.42 Å². The summed E-state index contributed by atoms with van der Waals surface area (Å²) in [5, 5.41) is 0. The van der Waals surface area contributed by atoms with Gasteiger partial charge in [0.15, 0.2) is 5.84 Å². The molecule has 0 spiro atoms. The predicted octanol–water partition coefficient (Wildman–Crippen LogP) is 0.581. The Labute approximate surface area is 153 Å². The number of carbonyl (C=O) groups excluding carboxylic acids is 1. The Hall–Kier alpha value is -1.64. The first-order valence-electron chi connectivity index (χ1n) is 8.23. The number of fused-ring (bicyclic) bond motifs is 1. The van der Waals surface area contributed by atoms with Crippen LogP contribution in [0.5, 0.6) is 0 Å². The summed E-state index contributed by atoms with van der Waals surface area (Å²) in [6.07, 6.45) is 2.37. The Morgan fingerprint density at radius 3 is 2.68 bits per heavy atom. The zero-order valence-corrected chi connectivity index (χ0v) is 15.3. The van der Waals surface area contributed by atoms with Crippen molar-refractivity contribution < 1.29 is 13.2 Å². The van der Waals surface area contributed by atoms with E-state index in [9.17, 15) is 13.2 Å². The molecule has 25 heavy (non-hydrogen) atoms. The van der Waals surface area contributed by atoms with Gasteiger partial charge < -0.3 is 15.5 Å². The average Bonchev–Trinajstić information content (AvgIpc) is 3.25. The van der Waals surface area contributed by atoms with Gasteiger partial charge in [-0.3, -0.25) is 4.79 Å². The Balaban J connectivity index is 0.00000182. The molecular weight excluding hydrogens is 364 g/mol. The van der Waals surface area contributed by atoms with Crippen LogP contribution in [0.25, 0.3) is 0 Å². The molecule has 0 radical (unpaired) electrons. The van der Waals surface area contributed by atoms with Gasteiger partial charge in [-0.05, 0) is 31.4 Å². The van der Waals surface area contributed by atoms with Gasteiger partial charge in [0.25, 0.3) is 10.0 Å². The normalized spacial score (nSPS) is 27.0. The third-order valence-corrected chi connectivity index (χ3v) is 6.28. The molecular formula is C16H21ClN4O3S.